The number of rotatable bonds is 2. The Bertz CT molecular complexity index is 633. The summed E-state index contributed by atoms with van der Waals surface area (Å²) >= 11 is 7.16. The molecule has 2 aliphatic rings. The molecule has 1 aromatic rings. The van der Waals surface area contributed by atoms with E-state index in [1.54, 1.807) is 21.9 Å². The number of amides is 3. The third-order valence-corrected chi connectivity index (χ3v) is 5.39. The molecule has 1 aromatic heterocycles. The van der Waals surface area contributed by atoms with Gasteiger partial charge >= 0.3 is 0 Å². The van der Waals surface area contributed by atoms with Crippen LogP contribution in [0.25, 0.3) is 0 Å². The normalized spacial score (nSPS) is 22.0. The minimum Gasteiger partial charge on any atom is -0.344 e. The van der Waals surface area contributed by atoms with E-state index in [9.17, 15) is 14.4 Å². The molecule has 2 fully saturated rings. The molecule has 3 amide bonds. The van der Waals surface area contributed by atoms with Crippen LogP contribution in [0, 0.1) is 0 Å². The van der Waals surface area contributed by atoms with Gasteiger partial charge in [0.25, 0.3) is 5.91 Å². The first kappa shape index (κ1) is 16.3. The van der Waals surface area contributed by atoms with E-state index in [0.717, 1.165) is 6.42 Å². The van der Waals surface area contributed by atoms with Crippen LogP contribution in [0.3, 0.4) is 0 Å². The van der Waals surface area contributed by atoms with E-state index in [1.165, 1.54) is 11.3 Å². The van der Waals surface area contributed by atoms with Crippen LogP contribution in [0.2, 0.25) is 4.34 Å². The maximum Gasteiger partial charge on any atom is 0.264 e. The number of nitrogens with zero attached hydrogens (tertiary/aromatic N) is 2. The zero-order chi connectivity index (χ0) is 16.4. The molecule has 2 saturated heterocycles. The maximum atomic E-state index is 12.5. The number of carbonyl (C=O) groups is 3. The monoisotopic (exact) mass is 355 g/mol. The summed E-state index contributed by atoms with van der Waals surface area (Å²) in [5.74, 6) is -0.140. The minimum absolute atomic E-state index is 0.0367. The molecule has 0 radical (unpaired) electrons. The van der Waals surface area contributed by atoms with Crippen molar-refractivity contribution in [1.82, 2.24) is 15.1 Å². The molecule has 1 atom stereocenters. The van der Waals surface area contributed by atoms with Crippen molar-refractivity contribution < 1.29 is 14.4 Å². The zero-order valence-corrected chi connectivity index (χ0v) is 14.2. The highest BCUT2D eigenvalue weighted by Crippen LogP contribution is 2.23. The Morgan fingerprint density at radius 2 is 1.91 bits per heavy atom. The Labute approximate surface area is 143 Å². The first-order chi connectivity index (χ1) is 11.0. The highest BCUT2D eigenvalue weighted by molar-refractivity contribution is 7.17. The summed E-state index contributed by atoms with van der Waals surface area (Å²) in [7, 11) is 0. The van der Waals surface area contributed by atoms with Gasteiger partial charge in [0.05, 0.1) is 9.21 Å². The average Bonchev–Trinajstić information content (AvgIpc) is 3.07. The molecule has 1 N–H and O–H groups in total. The van der Waals surface area contributed by atoms with E-state index in [0.29, 0.717) is 48.2 Å². The zero-order valence-electron chi connectivity index (χ0n) is 12.6. The van der Waals surface area contributed by atoms with Crippen molar-refractivity contribution in [2.24, 2.45) is 0 Å². The molecular weight excluding hydrogens is 338 g/mol. The Morgan fingerprint density at radius 1 is 1.17 bits per heavy atom. The Kier molecular flexibility index (Phi) is 4.87. The molecule has 2 aliphatic heterocycles. The van der Waals surface area contributed by atoms with Gasteiger partial charge in [-0.1, -0.05) is 11.6 Å². The van der Waals surface area contributed by atoms with Crippen molar-refractivity contribution in [3.05, 3.63) is 21.3 Å². The molecule has 3 rings (SSSR count). The second-order valence-corrected chi connectivity index (χ2v) is 7.45. The molecular formula is C15H18ClN3O3S. The molecule has 6 nitrogen and oxygen atoms in total. The minimum atomic E-state index is -0.402. The van der Waals surface area contributed by atoms with Crippen molar-refractivity contribution in [1.29, 1.82) is 0 Å². The molecule has 0 spiro atoms. The molecule has 0 bridgehead atoms. The van der Waals surface area contributed by atoms with Crippen LogP contribution in [0.1, 0.15) is 28.9 Å². The fourth-order valence-corrected chi connectivity index (χ4v) is 3.96. The first-order valence-electron chi connectivity index (χ1n) is 7.67. The highest BCUT2D eigenvalue weighted by atomic mass is 35.5. The Morgan fingerprint density at radius 3 is 2.57 bits per heavy atom. The molecule has 23 heavy (non-hydrogen) atoms. The van der Waals surface area contributed by atoms with Crippen molar-refractivity contribution in [3.8, 4) is 0 Å². The van der Waals surface area contributed by atoms with Gasteiger partial charge in [-0.25, -0.2) is 0 Å². The summed E-state index contributed by atoms with van der Waals surface area (Å²) < 4.78 is 0.594. The second kappa shape index (κ2) is 6.88. The lowest BCUT2D eigenvalue weighted by Crippen LogP contribution is -2.46. The quantitative estimate of drug-likeness (QED) is 0.870. The third-order valence-electron chi connectivity index (χ3n) is 4.17. The predicted molar refractivity (Wildman–Crippen MR) is 87.6 cm³/mol. The van der Waals surface area contributed by atoms with Gasteiger partial charge in [0.15, 0.2) is 0 Å². The summed E-state index contributed by atoms with van der Waals surface area (Å²) in [6.07, 6.45) is 1.70. The fourth-order valence-electron chi connectivity index (χ4n) is 2.95. The smallest absolute Gasteiger partial charge is 0.264 e. The number of hydrogen-bond acceptors (Lipinski definition) is 4. The van der Waals surface area contributed by atoms with Crippen LogP contribution >= 0.6 is 22.9 Å². The second-order valence-electron chi connectivity index (χ2n) is 5.73. The molecule has 0 aromatic carbocycles. The predicted octanol–water partition coefficient (Wildman–Crippen LogP) is 1.35. The van der Waals surface area contributed by atoms with Gasteiger partial charge in [0, 0.05) is 32.6 Å². The van der Waals surface area contributed by atoms with E-state index in [4.69, 9.17) is 11.6 Å². The number of nitrogens with one attached hydrogen (secondary N) is 1. The van der Waals surface area contributed by atoms with E-state index < -0.39 is 6.04 Å². The number of hydrogen-bond donors (Lipinski definition) is 1. The highest BCUT2D eigenvalue weighted by Gasteiger charge is 2.32. The van der Waals surface area contributed by atoms with E-state index >= 15 is 0 Å². The molecule has 0 saturated carbocycles. The molecule has 124 valence electrons. The molecule has 8 heteroatoms. The van der Waals surface area contributed by atoms with Crippen LogP contribution in [0.5, 0.6) is 0 Å². The number of halogens is 1. The molecule has 3 heterocycles. The van der Waals surface area contributed by atoms with E-state index in [-0.39, 0.29) is 17.7 Å². The van der Waals surface area contributed by atoms with Crippen molar-refractivity contribution in [2.45, 2.75) is 25.3 Å². The van der Waals surface area contributed by atoms with Gasteiger partial charge in [0.2, 0.25) is 11.8 Å². The van der Waals surface area contributed by atoms with Crippen LogP contribution in [0.15, 0.2) is 12.1 Å². The average molecular weight is 356 g/mol. The summed E-state index contributed by atoms with van der Waals surface area (Å²) in [6, 6.07) is 3.05. The SMILES string of the molecule is O=C1CCC(C(=O)N2CCCN(C(=O)c3ccc(Cl)s3)CC2)N1. The van der Waals surface area contributed by atoms with Crippen LogP contribution in [0.4, 0.5) is 0 Å². The van der Waals surface area contributed by atoms with Gasteiger partial charge in [0.1, 0.15) is 6.04 Å². The van der Waals surface area contributed by atoms with Gasteiger partial charge in [-0.2, -0.15) is 0 Å². The van der Waals surface area contributed by atoms with Crippen molar-refractivity contribution in [2.75, 3.05) is 26.2 Å². The summed E-state index contributed by atoms with van der Waals surface area (Å²) in [4.78, 5) is 40.3. The van der Waals surface area contributed by atoms with Crippen LogP contribution in [-0.2, 0) is 9.59 Å². The fraction of sp³-hybridized carbons (Fsp3) is 0.533. The van der Waals surface area contributed by atoms with E-state index in [1.807, 2.05) is 0 Å². The standard InChI is InChI=1S/C15H18ClN3O3S/c16-12-4-3-11(23-12)15(22)19-7-1-6-18(8-9-19)14(21)10-2-5-13(20)17-10/h3-4,10H,1-2,5-9H2,(H,17,20). The summed E-state index contributed by atoms with van der Waals surface area (Å²) in [6.45, 7) is 2.23. The Balaban J connectivity index is 1.59. The van der Waals surface area contributed by atoms with E-state index in [2.05, 4.69) is 5.32 Å². The van der Waals surface area contributed by atoms with Crippen LogP contribution in [-0.4, -0.2) is 59.7 Å². The maximum absolute atomic E-state index is 12.5. The van der Waals surface area contributed by atoms with Crippen molar-refractivity contribution in [3.63, 3.8) is 0 Å². The molecule has 1 unspecified atom stereocenters. The summed E-state index contributed by atoms with van der Waals surface area (Å²) in [5.41, 5.74) is 0. The number of carbonyl (C=O) groups excluding carboxylic acids is 3. The van der Waals surface area contributed by atoms with Gasteiger partial charge in [-0.3, -0.25) is 14.4 Å². The number of thiophene rings is 1. The largest absolute Gasteiger partial charge is 0.344 e. The lowest BCUT2D eigenvalue weighted by Gasteiger charge is -2.24. The van der Waals surface area contributed by atoms with Crippen LogP contribution < -0.4 is 5.32 Å². The van der Waals surface area contributed by atoms with Gasteiger partial charge < -0.3 is 15.1 Å². The lowest BCUT2D eigenvalue weighted by atomic mass is 10.2. The lowest BCUT2D eigenvalue weighted by molar-refractivity contribution is -0.134. The topological polar surface area (TPSA) is 69.7 Å². The summed E-state index contributed by atoms with van der Waals surface area (Å²) in [5, 5.41) is 2.71. The van der Waals surface area contributed by atoms with Crippen molar-refractivity contribution >= 4 is 40.7 Å². The Hall–Kier alpha value is -1.60. The third kappa shape index (κ3) is 3.67. The molecule has 0 aliphatic carbocycles. The van der Waals surface area contributed by atoms with Gasteiger partial charge in [-0.15, -0.1) is 11.3 Å². The first-order valence-corrected chi connectivity index (χ1v) is 8.87. The van der Waals surface area contributed by atoms with Gasteiger partial charge in [-0.05, 0) is 25.0 Å².